The van der Waals surface area contributed by atoms with Crippen LogP contribution in [0.2, 0.25) is 0 Å². The monoisotopic (exact) mass is 766 g/mol. The number of nitrogens with zero attached hydrogens (tertiary/aromatic N) is 4. The number of fused-ring (bicyclic) bond motifs is 5. The van der Waals surface area contributed by atoms with Crippen molar-refractivity contribution in [1.29, 1.82) is 0 Å². The molecule has 0 radical (unpaired) electrons. The third kappa shape index (κ3) is 8.34. The zero-order valence-electron chi connectivity index (χ0n) is 33.9. The van der Waals surface area contributed by atoms with Crippen molar-refractivity contribution >= 4 is 40.4 Å². The summed E-state index contributed by atoms with van der Waals surface area (Å²) < 4.78 is 5.35. The van der Waals surface area contributed by atoms with E-state index in [1.807, 2.05) is 22.8 Å². The molecule has 2 aromatic heterocycles. The number of hydrogen-bond donors (Lipinski definition) is 2. The van der Waals surface area contributed by atoms with Crippen LogP contribution < -0.4 is 5.32 Å². The van der Waals surface area contributed by atoms with E-state index in [2.05, 4.69) is 55.3 Å². The number of amides is 5. The molecule has 3 aromatic rings. The van der Waals surface area contributed by atoms with Gasteiger partial charge in [-0.3, -0.25) is 24.0 Å². The lowest BCUT2D eigenvalue weighted by Gasteiger charge is -2.56. The highest BCUT2D eigenvalue weighted by Gasteiger charge is 2.59. The Morgan fingerprint density at radius 3 is 2.43 bits per heavy atom. The van der Waals surface area contributed by atoms with Crippen LogP contribution in [0.3, 0.4) is 0 Å². The van der Waals surface area contributed by atoms with E-state index >= 15 is 0 Å². The molecule has 0 saturated carbocycles. The molecule has 1 aromatic carbocycles. The van der Waals surface area contributed by atoms with Crippen molar-refractivity contribution in [2.45, 2.75) is 84.6 Å². The summed E-state index contributed by atoms with van der Waals surface area (Å²) in [5, 5.41) is 4.06. The highest BCUT2D eigenvalue weighted by molar-refractivity contribution is 5.94. The van der Waals surface area contributed by atoms with Crippen LogP contribution >= 0.6 is 0 Å². The number of allylic oxidation sites excluding steroid dienone is 3. The number of benzene rings is 1. The molecule has 0 spiro atoms. The first-order chi connectivity index (χ1) is 26.8. The van der Waals surface area contributed by atoms with Gasteiger partial charge >= 0.3 is 0 Å². The summed E-state index contributed by atoms with van der Waals surface area (Å²) in [6, 6.07) is 9.58. The minimum atomic E-state index is -0.943. The highest BCUT2D eigenvalue weighted by Crippen LogP contribution is 2.52. The van der Waals surface area contributed by atoms with Crippen molar-refractivity contribution in [2.75, 3.05) is 53.4 Å². The Hall–Kier alpha value is -5.13. The van der Waals surface area contributed by atoms with E-state index in [9.17, 15) is 24.0 Å². The van der Waals surface area contributed by atoms with Gasteiger partial charge in [-0.25, -0.2) is 0 Å². The molecule has 0 aliphatic carbocycles. The van der Waals surface area contributed by atoms with Gasteiger partial charge in [0.15, 0.2) is 5.76 Å². The minimum Gasteiger partial charge on any atom is -0.459 e. The Kier molecular flexibility index (Phi) is 12.6. The average Bonchev–Trinajstić information content (AvgIpc) is 3.86. The van der Waals surface area contributed by atoms with E-state index < -0.39 is 17.4 Å². The number of aromatic amines is 1. The number of H-pyrrole nitrogens is 1. The van der Waals surface area contributed by atoms with Crippen molar-refractivity contribution in [3.05, 3.63) is 82.5 Å². The molecule has 3 aliphatic heterocycles. The van der Waals surface area contributed by atoms with Crippen LogP contribution in [0, 0.1) is 11.8 Å². The minimum absolute atomic E-state index is 0.00355. The van der Waals surface area contributed by atoms with E-state index in [4.69, 9.17) is 4.42 Å². The van der Waals surface area contributed by atoms with Gasteiger partial charge in [0.05, 0.1) is 17.7 Å². The highest BCUT2D eigenvalue weighted by atomic mass is 16.3. The molecule has 5 amide bonds. The quantitative estimate of drug-likeness (QED) is 0.218. The lowest BCUT2D eigenvalue weighted by Crippen LogP contribution is -2.66. The zero-order chi connectivity index (χ0) is 40.1. The third-order valence-electron chi connectivity index (χ3n) is 12.0. The zero-order valence-corrected chi connectivity index (χ0v) is 33.9. The SMILES string of the molecule is CC[C@]12c3[nH]c4cc(CCC(=O)N(C)C)ccc4c3CCN1C(=O)[C@@H](CC(=O)NC/C=C(\C)CCC=C(C)C)C[C@@H]2C(=O)N1CCN(C(=O)c2ccco2)CC1. The fraction of sp³-hybridized carbons (Fsp3) is 0.523. The van der Waals surface area contributed by atoms with E-state index in [1.54, 1.807) is 36.0 Å². The van der Waals surface area contributed by atoms with Crippen molar-refractivity contribution in [3.8, 4) is 0 Å². The van der Waals surface area contributed by atoms with Gasteiger partial charge in [-0.05, 0) is 88.6 Å². The number of piperidine rings is 1. The molecule has 12 nitrogen and oxygen atoms in total. The number of hydrogen-bond acceptors (Lipinski definition) is 6. The van der Waals surface area contributed by atoms with Crippen LogP contribution in [0.5, 0.6) is 0 Å². The predicted molar refractivity (Wildman–Crippen MR) is 216 cm³/mol. The molecule has 3 aliphatic rings. The van der Waals surface area contributed by atoms with Crippen molar-refractivity contribution < 1.29 is 28.4 Å². The van der Waals surface area contributed by atoms with E-state index in [0.29, 0.717) is 65.0 Å². The van der Waals surface area contributed by atoms with Gasteiger partial charge in [0.2, 0.25) is 23.6 Å². The largest absolute Gasteiger partial charge is 0.459 e. The Labute approximate surface area is 330 Å². The first-order valence-corrected chi connectivity index (χ1v) is 20.2. The smallest absolute Gasteiger partial charge is 0.289 e. The Bertz CT molecular complexity index is 2000. The number of carbonyl (C=O) groups is 5. The standard InChI is InChI=1S/C44H58N6O6/c1-7-44-35(42(54)48-21-23-49(24-22-48)43(55)37-12-9-25-56-37)27-32(28-38(51)45-19-17-30(4)11-8-10-29(2)3)41(53)50(44)20-18-34-33-15-13-31(14-16-39(52)47(5)6)26-36(33)46-40(34)44/h9-10,12-13,15,17,25-26,32,35,46H,7-8,11,14,16,18-24,27-28H2,1-6H3,(H,45,51)/b30-17+/t32-,35-,44+/m1/s1. The average molecular weight is 767 g/mol. The summed E-state index contributed by atoms with van der Waals surface area (Å²) in [6.45, 7) is 10.5. The van der Waals surface area contributed by atoms with Crippen molar-refractivity contribution in [2.24, 2.45) is 11.8 Å². The maximum Gasteiger partial charge on any atom is 0.289 e. The molecule has 2 fully saturated rings. The molecule has 3 atom stereocenters. The van der Waals surface area contributed by atoms with Gasteiger partial charge in [-0.15, -0.1) is 0 Å². The van der Waals surface area contributed by atoms with Gasteiger partial charge in [0.25, 0.3) is 5.91 Å². The summed E-state index contributed by atoms with van der Waals surface area (Å²) >= 11 is 0. The van der Waals surface area contributed by atoms with Crippen LogP contribution in [-0.4, -0.2) is 107 Å². The molecular formula is C44H58N6O6. The number of aromatic nitrogens is 1. The van der Waals surface area contributed by atoms with Gasteiger partial charge in [-0.1, -0.05) is 42.4 Å². The van der Waals surface area contributed by atoms with Crippen LogP contribution in [0.25, 0.3) is 10.9 Å². The summed E-state index contributed by atoms with van der Waals surface area (Å²) in [5.74, 6) is -1.50. The normalized spacial score (nSPS) is 21.1. The topological polar surface area (TPSA) is 139 Å². The Morgan fingerprint density at radius 2 is 1.75 bits per heavy atom. The van der Waals surface area contributed by atoms with Gasteiger partial charge in [-0.2, -0.15) is 0 Å². The first kappa shape index (κ1) is 40.5. The summed E-state index contributed by atoms with van der Waals surface area (Å²) in [6.07, 6.45) is 9.94. The number of carbonyl (C=O) groups excluding carboxylic acids is 5. The molecule has 12 heteroatoms. The van der Waals surface area contributed by atoms with Crippen molar-refractivity contribution in [3.63, 3.8) is 0 Å². The predicted octanol–water partition coefficient (Wildman–Crippen LogP) is 5.59. The molecular weight excluding hydrogens is 709 g/mol. The lowest BCUT2D eigenvalue weighted by molar-refractivity contribution is -0.167. The maximum atomic E-state index is 15.0. The summed E-state index contributed by atoms with van der Waals surface area (Å²) in [5.41, 5.74) is 5.48. The Morgan fingerprint density at radius 1 is 1.00 bits per heavy atom. The lowest BCUT2D eigenvalue weighted by atomic mass is 9.65. The number of piperazine rings is 1. The summed E-state index contributed by atoms with van der Waals surface area (Å²) in [7, 11) is 3.52. The summed E-state index contributed by atoms with van der Waals surface area (Å²) in [4.78, 5) is 79.1. The van der Waals surface area contributed by atoms with Crippen LogP contribution in [-0.2, 0) is 37.6 Å². The molecule has 56 heavy (non-hydrogen) atoms. The van der Waals surface area contributed by atoms with Gasteiger partial charge in [0.1, 0.15) is 0 Å². The first-order valence-electron chi connectivity index (χ1n) is 20.2. The molecule has 0 bridgehead atoms. The van der Waals surface area contributed by atoms with Gasteiger partial charge in [0, 0.05) is 88.7 Å². The molecule has 2 N–H and O–H groups in total. The number of nitrogens with one attached hydrogen (secondary N) is 2. The molecule has 6 rings (SSSR count). The maximum absolute atomic E-state index is 15.0. The van der Waals surface area contributed by atoms with Crippen molar-refractivity contribution in [1.82, 2.24) is 29.9 Å². The Balaban J connectivity index is 1.27. The van der Waals surface area contributed by atoms with E-state index in [1.165, 1.54) is 17.4 Å². The second-order valence-electron chi connectivity index (χ2n) is 16.1. The second kappa shape index (κ2) is 17.3. The number of aryl methyl sites for hydroxylation is 1. The molecule has 2 saturated heterocycles. The molecule has 300 valence electrons. The van der Waals surface area contributed by atoms with E-state index in [0.717, 1.165) is 40.6 Å². The fourth-order valence-electron chi connectivity index (χ4n) is 8.91. The number of furan rings is 1. The van der Waals surface area contributed by atoms with Crippen LogP contribution in [0.4, 0.5) is 0 Å². The second-order valence-corrected chi connectivity index (χ2v) is 16.1. The fourth-order valence-corrected chi connectivity index (χ4v) is 8.91. The van der Waals surface area contributed by atoms with Gasteiger partial charge < -0.3 is 34.3 Å². The molecule has 0 unspecified atom stereocenters. The van der Waals surface area contributed by atoms with Crippen LogP contribution in [0.15, 0.2) is 64.3 Å². The van der Waals surface area contributed by atoms with Crippen LogP contribution in [0.1, 0.15) is 93.6 Å². The third-order valence-corrected chi connectivity index (χ3v) is 12.0. The number of rotatable bonds is 13. The molecule has 5 heterocycles. The van der Waals surface area contributed by atoms with E-state index in [-0.39, 0.29) is 48.1 Å².